The summed E-state index contributed by atoms with van der Waals surface area (Å²) in [6.45, 7) is 0. The van der Waals surface area contributed by atoms with Gasteiger partial charge in [0.25, 0.3) is 0 Å². The van der Waals surface area contributed by atoms with Crippen LogP contribution in [0.25, 0.3) is 43.7 Å². The van der Waals surface area contributed by atoms with Crippen LogP contribution in [0.3, 0.4) is 0 Å². The van der Waals surface area contributed by atoms with Crippen LogP contribution in [-0.2, 0) is 0 Å². The van der Waals surface area contributed by atoms with Crippen LogP contribution in [0.5, 0.6) is 0 Å². The van der Waals surface area contributed by atoms with Gasteiger partial charge in [0.2, 0.25) is 0 Å². The van der Waals surface area contributed by atoms with Crippen molar-refractivity contribution in [3.63, 3.8) is 0 Å². The third-order valence-corrected chi connectivity index (χ3v) is 4.50. The predicted octanol–water partition coefficient (Wildman–Crippen LogP) is 5.00. The van der Waals surface area contributed by atoms with Gasteiger partial charge in [-0.1, -0.05) is 60.7 Å². The molecule has 1 aromatic heterocycles. The third-order valence-electron chi connectivity index (χ3n) is 4.50. The number of rotatable bonds is 1. The fourth-order valence-electron chi connectivity index (χ4n) is 3.42. The molecule has 4 aromatic carbocycles. The van der Waals surface area contributed by atoms with Crippen LogP contribution in [0.4, 0.5) is 0 Å². The van der Waals surface area contributed by atoms with Crippen LogP contribution in [0.1, 0.15) is 0 Å². The first kappa shape index (κ1) is 13.1. The molecule has 3 heteroatoms. The summed E-state index contributed by atoms with van der Waals surface area (Å²) >= 11 is 0. The summed E-state index contributed by atoms with van der Waals surface area (Å²) in [5.74, 6) is 0.705. The Morgan fingerprint density at radius 1 is 0.542 bits per heavy atom. The van der Waals surface area contributed by atoms with Crippen molar-refractivity contribution in [1.82, 2.24) is 15.0 Å². The third kappa shape index (κ3) is 1.88. The van der Waals surface area contributed by atoms with Gasteiger partial charge in [-0.2, -0.15) is 0 Å². The summed E-state index contributed by atoms with van der Waals surface area (Å²) in [5, 5.41) is 7.34. The minimum atomic E-state index is 0.705. The summed E-state index contributed by atoms with van der Waals surface area (Å²) in [4.78, 5) is 12.7. The van der Waals surface area contributed by atoms with Gasteiger partial charge in [-0.15, -0.1) is 0 Å². The maximum absolute atomic E-state index is 4.36. The molecule has 5 rings (SSSR count). The van der Waals surface area contributed by atoms with Crippen molar-refractivity contribution in [2.45, 2.75) is 0 Å². The van der Waals surface area contributed by atoms with E-state index >= 15 is 0 Å². The molecule has 0 bridgehead atoms. The zero-order valence-electron chi connectivity index (χ0n) is 12.8. The Hall–Kier alpha value is -3.33. The van der Waals surface area contributed by atoms with Crippen LogP contribution in [0.15, 0.2) is 79.4 Å². The van der Waals surface area contributed by atoms with Gasteiger partial charge >= 0.3 is 0 Å². The molecule has 0 radical (unpaired) electrons. The zero-order valence-corrected chi connectivity index (χ0v) is 12.8. The second-order valence-electron chi connectivity index (χ2n) is 5.81. The lowest BCUT2D eigenvalue weighted by Crippen LogP contribution is -1.91. The molecule has 112 valence electrons. The molecule has 3 nitrogen and oxygen atoms in total. The van der Waals surface area contributed by atoms with E-state index in [9.17, 15) is 0 Å². The second-order valence-corrected chi connectivity index (χ2v) is 5.81. The van der Waals surface area contributed by atoms with Gasteiger partial charge in [0, 0.05) is 5.56 Å². The molecule has 0 saturated heterocycles. The molecule has 5 aromatic rings. The molecule has 1 heterocycles. The molecular weight excluding hydrogens is 294 g/mol. The quantitative estimate of drug-likeness (QED) is 0.409. The van der Waals surface area contributed by atoms with Crippen molar-refractivity contribution in [3.8, 4) is 11.4 Å². The van der Waals surface area contributed by atoms with Crippen molar-refractivity contribution in [2.75, 3.05) is 0 Å². The summed E-state index contributed by atoms with van der Waals surface area (Å²) in [6, 6.07) is 23.5. The highest BCUT2D eigenvalue weighted by atomic mass is 15.0. The monoisotopic (exact) mass is 307 g/mol. The van der Waals surface area contributed by atoms with Crippen LogP contribution < -0.4 is 0 Å². The van der Waals surface area contributed by atoms with Gasteiger partial charge in [-0.3, -0.25) is 0 Å². The molecule has 0 spiro atoms. The number of hydrogen-bond acceptors (Lipinski definition) is 3. The van der Waals surface area contributed by atoms with Gasteiger partial charge in [0.15, 0.2) is 5.82 Å². The standard InChI is InChI=1S/C21H13N3/c1-2-6-15-14(5-1)9-10-18-16-7-3-4-8-17(16)20(11-19(15)18)21-23-12-22-13-24-21/h1-13H. The minimum Gasteiger partial charge on any atom is -0.225 e. The lowest BCUT2D eigenvalue weighted by Gasteiger charge is -2.11. The number of nitrogens with zero attached hydrogens (tertiary/aromatic N) is 3. The molecular formula is C21H13N3. The van der Waals surface area contributed by atoms with E-state index in [2.05, 4.69) is 81.7 Å². The number of fused-ring (bicyclic) bond motifs is 5. The van der Waals surface area contributed by atoms with E-state index in [0.717, 1.165) is 10.9 Å². The van der Waals surface area contributed by atoms with E-state index in [-0.39, 0.29) is 0 Å². The molecule has 0 saturated carbocycles. The van der Waals surface area contributed by atoms with Gasteiger partial charge in [0.05, 0.1) is 0 Å². The second kappa shape index (κ2) is 5.10. The van der Waals surface area contributed by atoms with Crippen LogP contribution in [0, 0.1) is 0 Å². The first-order valence-corrected chi connectivity index (χ1v) is 7.87. The molecule has 0 N–H and O–H groups in total. The highest BCUT2D eigenvalue weighted by molar-refractivity contribution is 6.20. The van der Waals surface area contributed by atoms with Crippen LogP contribution in [-0.4, -0.2) is 15.0 Å². The Kier molecular flexibility index (Phi) is 2.79. The molecule has 0 unspecified atom stereocenters. The largest absolute Gasteiger partial charge is 0.225 e. The summed E-state index contributed by atoms with van der Waals surface area (Å²) in [6.07, 6.45) is 3.09. The van der Waals surface area contributed by atoms with Crippen molar-refractivity contribution >= 4 is 32.3 Å². The number of hydrogen-bond donors (Lipinski definition) is 0. The topological polar surface area (TPSA) is 38.7 Å². The normalized spacial score (nSPS) is 11.3. The van der Waals surface area contributed by atoms with E-state index in [0.29, 0.717) is 5.82 Å². The Labute approximate surface area is 138 Å². The molecule has 0 aliphatic rings. The Morgan fingerprint density at radius 3 is 2.04 bits per heavy atom. The molecule has 24 heavy (non-hydrogen) atoms. The van der Waals surface area contributed by atoms with E-state index in [4.69, 9.17) is 0 Å². The van der Waals surface area contributed by atoms with Crippen molar-refractivity contribution in [1.29, 1.82) is 0 Å². The lowest BCUT2D eigenvalue weighted by molar-refractivity contribution is 1.06. The maximum Gasteiger partial charge on any atom is 0.163 e. The molecule has 0 atom stereocenters. The first-order chi connectivity index (χ1) is 11.9. The van der Waals surface area contributed by atoms with Gasteiger partial charge in [-0.05, 0) is 38.4 Å². The van der Waals surface area contributed by atoms with E-state index < -0.39 is 0 Å². The predicted molar refractivity (Wildman–Crippen MR) is 97.8 cm³/mol. The smallest absolute Gasteiger partial charge is 0.163 e. The van der Waals surface area contributed by atoms with Crippen molar-refractivity contribution in [3.05, 3.63) is 79.4 Å². The molecule has 0 amide bonds. The zero-order chi connectivity index (χ0) is 15.9. The van der Waals surface area contributed by atoms with Crippen LogP contribution >= 0.6 is 0 Å². The maximum atomic E-state index is 4.36. The summed E-state index contributed by atoms with van der Waals surface area (Å²) < 4.78 is 0. The Morgan fingerprint density at radius 2 is 1.21 bits per heavy atom. The minimum absolute atomic E-state index is 0.705. The lowest BCUT2D eigenvalue weighted by atomic mass is 9.93. The molecule has 0 aliphatic carbocycles. The Bertz CT molecular complexity index is 1200. The fourth-order valence-corrected chi connectivity index (χ4v) is 3.42. The van der Waals surface area contributed by atoms with Gasteiger partial charge in [-0.25, -0.2) is 15.0 Å². The highest BCUT2D eigenvalue weighted by Crippen LogP contribution is 2.36. The van der Waals surface area contributed by atoms with Gasteiger partial charge < -0.3 is 0 Å². The van der Waals surface area contributed by atoms with Gasteiger partial charge in [0.1, 0.15) is 12.7 Å². The van der Waals surface area contributed by atoms with E-state index in [1.807, 2.05) is 0 Å². The number of benzene rings is 4. The van der Waals surface area contributed by atoms with E-state index in [1.54, 1.807) is 12.7 Å². The number of aromatic nitrogens is 3. The SMILES string of the molecule is c1ccc2c(c1)ccc1c3ccccc3c(-c3ncncn3)cc21. The fraction of sp³-hybridized carbons (Fsp3) is 0. The summed E-state index contributed by atoms with van der Waals surface area (Å²) in [7, 11) is 0. The van der Waals surface area contributed by atoms with Crippen LogP contribution in [0.2, 0.25) is 0 Å². The van der Waals surface area contributed by atoms with Crippen molar-refractivity contribution in [2.24, 2.45) is 0 Å². The average Bonchev–Trinajstić information content (AvgIpc) is 2.67. The molecule has 0 fully saturated rings. The highest BCUT2D eigenvalue weighted by Gasteiger charge is 2.11. The first-order valence-electron chi connectivity index (χ1n) is 7.87. The summed E-state index contributed by atoms with van der Waals surface area (Å²) in [5.41, 5.74) is 1.04. The van der Waals surface area contributed by atoms with E-state index in [1.165, 1.54) is 26.9 Å². The average molecular weight is 307 g/mol. The molecule has 0 aliphatic heterocycles. The Balaban J connectivity index is 2.02. The van der Waals surface area contributed by atoms with Crippen molar-refractivity contribution < 1.29 is 0 Å².